The number of pyridine rings is 1. The number of anilines is 1. The van der Waals surface area contributed by atoms with Crippen LogP contribution in [0.25, 0.3) is 11.1 Å². The fourth-order valence-electron chi connectivity index (χ4n) is 3.88. The fourth-order valence-corrected chi connectivity index (χ4v) is 3.88. The Labute approximate surface area is 189 Å². The minimum Gasteiger partial charge on any atom is -0.475 e. The second kappa shape index (κ2) is 10.8. The number of esters is 1. The number of rotatable bonds is 7. The van der Waals surface area contributed by atoms with Gasteiger partial charge in [-0.15, -0.1) is 0 Å². The average Bonchev–Trinajstić information content (AvgIpc) is 2.79. The number of nitrogens with zero attached hydrogens (tertiary/aromatic N) is 2. The zero-order valence-electron chi connectivity index (χ0n) is 18.9. The molecule has 0 atom stereocenters. The Hall–Kier alpha value is -3.40. The number of ether oxygens (including phenoxy) is 2. The number of aromatic nitrogens is 1. The van der Waals surface area contributed by atoms with Gasteiger partial charge in [0.25, 0.3) is 0 Å². The Bertz CT molecular complexity index is 1000. The summed E-state index contributed by atoms with van der Waals surface area (Å²) >= 11 is 0. The summed E-state index contributed by atoms with van der Waals surface area (Å²) in [5, 5.41) is 21.3. The molecule has 1 aromatic heterocycles. The van der Waals surface area contributed by atoms with E-state index in [-0.39, 0.29) is 30.3 Å². The molecule has 0 bridgehead atoms. The Morgan fingerprint density at radius 3 is 2.53 bits per heavy atom. The van der Waals surface area contributed by atoms with Crippen molar-refractivity contribution < 1.29 is 14.3 Å². The van der Waals surface area contributed by atoms with Gasteiger partial charge < -0.3 is 14.8 Å². The summed E-state index contributed by atoms with van der Waals surface area (Å²) in [5.74, 6) is -0.0787. The lowest BCUT2D eigenvalue weighted by atomic mass is 9.94. The predicted octanol–water partition coefficient (Wildman–Crippen LogP) is 5.29. The smallest absolute Gasteiger partial charge is 0.357 e. The zero-order valence-corrected chi connectivity index (χ0v) is 18.9. The molecule has 168 valence electrons. The van der Waals surface area contributed by atoms with Crippen LogP contribution in [-0.4, -0.2) is 35.6 Å². The number of nitriles is 1. The molecular weight excluding hydrogens is 404 g/mol. The van der Waals surface area contributed by atoms with Gasteiger partial charge >= 0.3 is 5.97 Å². The van der Waals surface area contributed by atoms with Crippen molar-refractivity contribution in [1.29, 1.82) is 10.7 Å². The van der Waals surface area contributed by atoms with Crippen LogP contribution in [0, 0.1) is 16.7 Å². The number of hydrogen-bond donors (Lipinski definition) is 2. The van der Waals surface area contributed by atoms with E-state index in [4.69, 9.17) is 20.1 Å². The Balaban J connectivity index is 2.17. The third-order valence-corrected chi connectivity index (χ3v) is 5.36. The van der Waals surface area contributed by atoms with Gasteiger partial charge in [-0.25, -0.2) is 9.78 Å². The lowest BCUT2D eigenvalue weighted by Gasteiger charge is -2.26. The molecule has 32 heavy (non-hydrogen) atoms. The third-order valence-electron chi connectivity index (χ3n) is 5.36. The first-order chi connectivity index (χ1) is 15.4. The highest BCUT2D eigenvalue weighted by molar-refractivity contribution is 6.05. The van der Waals surface area contributed by atoms with Gasteiger partial charge in [-0.05, 0) is 57.4 Å². The molecule has 3 rings (SSSR count). The summed E-state index contributed by atoms with van der Waals surface area (Å²) in [4.78, 5) is 17.2. The molecule has 7 nitrogen and oxygen atoms in total. The molecule has 1 saturated carbocycles. The monoisotopic (exact) mass is 434 g/mol. The van der Waals surface area contributed by atoms with Gasteiger partial charge in [-0.2, -0.15) is 5.26 Å². The van der Waals surface area contributed by atoms with Crippen molar-refractivity contribution in [3.63, 3.8) is 0 Å². The van der Waals surface area contributed by atoms with Gasteiger partial charge in [0.2, 0.25) is 5.90 Å². The predicted molar refractivity (Wildman–Crippen MR) is 124 cm³/mol. The fraction of sp³-hybridized carbons (Fsp3) is 0.440. The van der Waals surface area contributed by atoms with Gasteiger partial charge in [-0.1, -0.05) is 31.4 Å². The average molecular weight is 435 g/mol. The van der Waals surface area contributed by atoms with Crippen molar-refractivity contribution in [1.82, 2.24) is 4.98 Å². The molecule has 1 heterocycles. The van der Waals surface area contributed by atoms with E-state index in [1.54, 1.807) is 37.3 Å². The second-order valence-corrected chi connectivity index (χ2v) is 8.16. The second-order valence-electron chi connectivity index (χ2n) is 8.16. The molecule has 0 spiro atoms. The minimum absolute atomic E-state index is 0.0134. The summed E-state index contributed by atoms with van der Waals surface area (Å²) in [7, 11) is 0. The normalized spacial score (nSPS) is 14.0. The Morgan fingerprint density at radius 1 is 1.25 bits per heavy atom. The van der Waals surface area contributed by atoms with Crippen LogP contribution in [0.2, 0.25) is 0 Å². The third kappa shape index (κ3) is 5.64. The molecule has 1 fully saturated rings. The van der Waals surface area contributed by atoms with Crippen molar-refractivity contribution in [2.24, 2.45) is 0 Å². The van der Waals surface area contributed by atoms with E-state index in [1.807, 2.05) is 13.8 Å². The first-order valence-corrected chi connectivity index (χ1v) is 11.2. The highest BCUT2D eigenvalue weighted by atomic mass is 16.5. The number of carbonyl (C=O) groups is 1. The molecule has 0 unspecified atom stereocenters. The molecular formula is C25H30N4O3. The molecule has 0 aliphatic heterocycles. The standard InChI is InChI=1S/C25H30N4O3/c1-4-31-25(30)21-14-20(18-12-10-17(15-26)11-13-18)22(23(27)32-16(2)3)24(29-21)28-19-8-6-5-7-9-19/h10-14,16,19,27H,4-9H2,1-3H3,(H,28,29). The first kappa shape index (κ1) is 23.3. The lowest BCUT2D eigenvalue weighted by Crippen LogP contribution is -2.26. The summed E-state index contributed by atoms with van der Waals surface area (Å²) in [5.41, 5.74) is 2.60. The molecule has 0 amide bonds. The highest BCUT2D eigenvalue weighted by Gasteiger charge is 2.25. The van der Waals surface area contributed by atoms with Crippen LogP contribution in [0.1, 0.15) is 74.5 Å². The van der Waals surface area contributed by atoms with Crippen molar-refractivity contribution >= 4 is 17.7 Å². The van der Waals surface area contributed by atoms with Gasteiger partial charge in [-0.3, -0.25) is 5.41 Å². The van der Waals surface area contributed by atoms with Crippen LogP contribution >= 0.6 is 0 Å². The van der Waals surface area contributed by atoms with Crippen LogP contribution in [0.5, 0.6) is 0 Å². The van der Waals surface area contributed by atoms with Gasteiger partial charge in [0.1, 0.15) is 5.82 Å². The maximum Gasteiger partial charge on any atom is 0.357 e. The van der Waals surface area contributed by atoms with E-state index in [2.05, 4.69) is 16.4 Å². The van der Waals surface area contributed by atoms with Gasteiger partial charge in [0.05, 0.1) is 29.9 Å². The molecule has 0 saturated heterocycles. The van der Waals surface area contributed by atoms with E-state index in [0.29, 0.717) is 22.5 Å². The van der Waals surface area contributed by atoms with E-state index in [1.165, 1.54) is 6.42 Å². The van der Waals surface area contributed by atoms with Gasteiger partial charge in [0.15, 0.2) is 5.69 Å². The van der Waals surface area contributed by atoms with E-state index < -0.39 is 5.97 Å². The molecule has 1 aliphatic rings. The van der Waals surface area contributed by atoms with E-state index in [9.17, 15) is 4.79 Å². The van der Waals surface area contributed by atoms with Crippen LogP contribution < -0.4 is 5.32 Å². The lowest BCUT2D eigenvalue weighted by molar-refractivity contribution is 0.0519. The summed E-state index contributed by atoms with van der Waals surface area (Å²) in [6.07, 6.45) is 5.30. The zero-order chi connectivity index (χ0) is 23.1. The van der Waals surface area contributed by atoms with Crippen molar-refractivity contribution in [3.8, 4) is 17.2 Å². The minimum atomic E-state index is -0.517. The van der Waals surface area contributed by atoms with Crippen molar-refractivity contribution in [2.75, 3.05) is 11.9 Å². The van der Waals surface area contributed by atoms with Crippen LogP contribution in [-0.2, 0) is 9.47 Å². The summed E-state index contributed by atoms with van der Waals surface area (Å²) in [6, 6.07) is 11.0. The van der Waals surface area contributed by atoms with Crippen molar-refractivity contribution in [2.45, 2.75) is 65.0 Å². The molecule has 2 N–H and O–H groups in total. The number of hydrogen-bond acceptors (Lipinski definition) is 7. The summed E-state index contributed by atoms with van der Waals surface area (Å²) < 4.78 is 11.0. The first-order valence-electron chi connectivity index (χ1n) is 11.2. The summed E-state index contributed by atoms with van der Waals surface area (Å²) in [6.45, 7) is 5.72. The van der Waals surface area contributed by atoms with Crippen LogP contribution in [0.15, 0.2) is 30.3 Å². The number of benzene rings is 1. The molecule has 1 aliphatic carbocycles. The van der Waals surface area contributed by atoms with Crippen LogP contribution in [0.4, 0.5) is 5.82 Å². The maximum atomic E-state index is 12.6. The molecule has 7 heteroatoms. The molecule has 0 radical (unpaired) electrons. The number of nitrogens with one attached hydrogen (secondary N) is 2. The number of carbonyl (C=O) groups excluding carboxylic acids is 1. The van der Waals surface area contributed by atoms with Gasteiger partial charge in [0, 0.05) is 11.6 Å². The SMILES string of the molecule is CCOC(=O)c1cc(-c2ccc(C#N)cc2)c(C(=N)OC(C)C)c(NC2CCCCC2)n1. The highest BCUT2D eigenvalue weighted by Crippen LogP contribution is 2.32. The Morgan fingerprint density at radius 2 is 1.94 bits per heavy atom. The van der Waals surface area contributed by atoms with E-state index >= 15 is 0 Å². The molecule has 2 aromatic rings. The molecule has 1 aromatic carbocycles. The topological polar surface area (TPSA) is 108 Å². The largest absolute Gasteiger partial charge is 0.475 e. The quantitative estimate of drug-likeness (QED) is 0.348. The van der Waals surface area contributed by atoms with Crippen molar-refractivity contribution in [3.05, 3.63) is 47.2 Å². The van der Waals surface area contributed by atoms with Crippen LogP contribution in [0.3, 0.4) is 0 Å². The maximum absolute atomic E-state index is 12.6. The van der Waals surface area contributed by atoms with E-state index in [0.717, 1.165) is 31.2 Å². The Kier molecular flexibility index (Phi) is 7.82.